The van der Waals surface area contributed by atoms with Gasteiger partial charge in [0.25, 0.3) is 5.91 Å². The fraction of sp³-hybridized carbons (Fsp3) is 0.217. The first-order valence-electron chi connectivity index (χ1n) is 9.10. The minimum atomic E-state index is -0.0176. The van der Waals surface area contributed by atoms with Crippen molar-refractivity contribution in [2.75, 3.05) is 5.32 Å². The van der Waals surface area contributed by atoms with E-state index in [4.69, 9.17) is 0 Å². The number of para-hydroxylation sites is 1. The molecule has 0 aliphatic carbocycles. The zero-order chi connectivity index (χ0) is 18.4. The van der Waals surface area contributed by atoms with Crippen LogP contribution in [0.3, 0.4) is 0 Å². The number of pyridine rings is 1. The monoisotopic (exact) mass is 345 g/mol. The van der Waals surface area contributed by atoms with E-state index in [2.05, 4.69) is 43.4 Å². The largest absolute Gasteiger partial charge is 0.320 e. The van der Waals surface area contributed by atoms with Crippen LogP contribution < -0.4 is 9.88 Å². The maximum Gasteiger partial charge on any atom is 0.290 e. The van der Waals surface area contributed by atoms with Crippen LogP contribution in [0.5, 0.6) is 0 Å². The Labute approximate surface area is 155 Å². The second-order valence-electron chi connectivity index (χ2n) is 6.58. The molecule has 1 amide bonds. The topological polar surface area (TPSA) is 33.0 Å². The van der Waals surface area contributed by atoms with Crippen LogP contribution in [0.2, 0.25) is 0 Å². The third-order valence-corrected chi connectivity index (χ3v) is 4.67. The number of hydrogen-bond donors (Lipinski definition) is 1. The summed E-state index contributed by atoms with van der Waals surface area (Å²) in [4.78, 5) is 12.6. The van der Waals surface area contributed by atoms with Crippen LogP contribution in [-0.2, 0) is 11.3 Å². The molecule has 0 spiro atoms. The van der Waals surface area contributed by atoms with Crippen LogP contribution in [0.25, 0.3) is 11.1 Å². The van der Waals surface area contributed by atoms with Gasteiger partial charge in [0, 0.05) is 17.3 Å². The van der Waals surface area contributed by atoms with Crippen molar-refractivity contribution in [3.63, 3.8) is 0 Å². The first-order chi connectivity index (χ1) is 12.7. The van der Waals surface area contributed by atoms with Gasteiger partial charge in [-0.05, 0) is 35.6 Å². The molecular weight excluding hydrogens is 320 g/mol. The molecule has 0 saturated carbocycles. The molecule has 0 aliphatic heterocycles. The highest BCUT2D eigenvalue weighted by molar-refractivity contribution is 5.90. The summed E-state index contributed by atoms with van der Waals surface area (Å²) in [5.74, 6) is 0.400. The van der Waals surface area contributed by atoms with E-state index in [1.54, 1.807) is 0 Å². The summed E-state index contributed by atoms with van der Waals surface area (Å²) in [5.41, 5.74) is 4.34. The van der Waals surface area contributed by atoms with Gasteiger partial charge < -0.3 is 5.32 Å². The molecule has 3 nitrogen and oxygen atoms in total. The van der Waals surface area contributed by atoms with Crippen LogP contribution in [0.15, 0.2) is 79.1 Å². The van der Waals surface area contributed by atoms with E-state index < -0.39 is 0 Å². The van der Waals surface area contributed by atoms with Crippen molar-refractivity contribution in [3.05, 3.63) is 84.7 Å². The molecule has 2 aromatic carbocycles. The first-order valence-corrected chi connectivity index (χ1v) is 9.10. The molecule has 3 aromatic rings. The van der Waals surface area contributed by atoms with E-state index >= 15 is 0 Å². The Bertz CT molecular complexity index is 874. The van der Waals surface area contributed by atoms with Crippen molar-refractivity contribution in [2.45, 2.75) is 32.7 Å². The quantitative estimate of drug-likeness (QED) is 0.640. The Balaban J connectivity index is 1.74. The Hall–Kier alpha value is -2.94. The number of nitrogens with one attached hydrogen (secondary N) is 1. The van der Waals surface area contributed by atoms with Gasteiger partial charge in [-0.1, -0.05) is 62.4 Å². The number of anilines is 1. The molecule has 0 fully saturated rings. The van der Waals surface area contributed by atoms with Gasteiger partial charge in [0.1, 0.15) is 0 Å². The Kier molecular flexibility index (Phi) is 5.80. The van der Waals surface area contributed by atoms with E-state index in [1.165, 1.54) is 5.56 Å². The molecular formula is C23H25N2O+. The van der Waals surface area contributed by atoms with E-state index in [0.29, 0.717) is 5.92 Å². The molecule has 1 heterocycles. The lowest BCUT2D eigenvalue weighted by molar-refractivity contribution is -0.683. The number of carbonyl (C=O) groups excluding carboxylic acids is 1. The molecule has 1 aromatic heterocycles. The van der Waals surface area contributed by atoms with Gasteiger partial charge >= 0.3 is 0 Å². The fourth-order valence-electron chi connectivity index (χ4n) is 3.04. The van der Waals surface area contributed by atoms with Gasteiger partial charge in [0.2, 0.25) is 6.54 Å². The summed E-state index contributed by atoms with van der Waals surface area (Å²) in [6.07, 6.45) is 4.98. The molecule has 0 radical (unpaired) electrons. The summed E-state index contributed by atoms with van der Waals surface area (Å²) in [6, 6.07) is 22.3. The minimum absolute atomic E-state index is 0.0176. The number of amides is 1. The number of rotatable bonds is 6. The fourth-order valence-corrected chi connectivity index (χ4v) is 3.04. The highest BCUT2D eigenvalue weighted by Crippen LogP contribution is 2.26. The van der Waals surface area contributed by atoms with Crippen LogP contribution in [-0.4, -0.2) is 5.91 Å². The standard InChI is InChI=1S/C23H24N2O/c1-3-18(2)21-13-7-8-14-22(21)24-23(26)17-25-15-9-12-20(16-25)19-10-5-4-6-11-19/h4-16,18H,3,17H2,1-2H3/p+1/t18-/m0/s1. The zero-order valence-corrected chi connectivity index (χ0v) is 15.4. The Morgan fingerprint density at radius 2 is 1.65 bits per heavy atom. The first kappa shape index (κ1) is 17.9. The molecule has 1 atom stereocenters. The van der Waals surface area contributed by atoms with Gasteiger partial charge in [-0.15, -0.1) is 0 Å². The van der Waals surface area contributed by atoms with Crippen LogP contribution in [0.4, 0.5) is 5.69 Å². The number of benzene rings is 2. The molecule has 0 bridgehead atoms. The highest BCUT2D eigenvalue weighted by atomic mass is 16.1. The number of nitrogens with zero attached hydrogens (tertiary/aromatic N) is 1. The van der Waals surface area contributed by atoms with Crippen molar-refractivity contribution < 1.29 is 9.36 Å². The van der Waals surface area contributed by atoms with Crippen LogP contribution >= 0.6 is 0 Å². The second-order valence-corrected chi connectivity index (χ2v) is 6.58. The number of aromatic nitrogens is 1. The van der Waals surface area contributed by atoms with E-state index in [9.17, 15) is 4.79 Å². The van der Waals surface area contributed by atoms with Crippen molar-refractivity contribution in [3.8, 4) is 11.1 Å². The molecule has 132 valence electrons. The van der Waals surface area contributed by atoms with E-state index in [-0.39, 0.29) is 12.5 Å². The second kappa shape index (κ2) is 8.43. The van der Waals surface area contributed by atoms with Gasteiger partial charge in [-0.3, -0.25) is 4.79 Å². The summed E-state index contributed by atoms with van der Waals surface area (Å²) in [6.45, 7) is 4.63. The van der Waals surface area contributed by atoms with Crippen molar-refractivity contribution in [1.29, 1.82) is 0 Å². The SMILES string of the molecule is CC[C@H](C)c1ccccc1NC(=O)C[n+]1cccc(-c2ccccc2)c1. The maximum atomic E-state index is 12.6. The Morgan fingerprint density at radius 3 is 2.42 bits per heavy atom. The number of carbonyl (C=O) groups is 1. The third-order valence-electron chi connectivity index (χ3n) is 4.67. The molecule has 3 heteroatoms. The normalized spacial score (nSPS) is 11.8. The molecule has 3 rings (SSSR count). The predicted molar refractivity (Wildman–Crippen MR) is 106 cm³/mol. The lowest BCUT2D eigenvalue weighted by Gasteiger charge is -2.15. The van der Waals surface area contributed by atoms with Gasteiger partial charge in [-0.25, -0.2) is 0 Å². The summed E-state index contributed by atoms with van der Waals surface area (Å²) < 4.78 is 1.92. The third kappa shape index (κ3) is 4.37. The van der Waals surface area contributed by atoms with Crippen molar-refractivity contribution in [2.24, 2.45) is 0 Å². The lowest BCUT2D eigenvalue weighted by Crippen LogP contribution is -2.39. The number of hydrogen-bond acceptors (Lipinski definition) is 1. The molecule has 26 heavy (non-hydrogen) atoms. The summed E-state index contributed by atoms with van der Waals surface area (Å²) >= 11 is 0. The van der Waals surface area contributed by atoms with Crippen molar-refractivity contribution >= 4 is 11.6 Å². The minimum Gasteiger partial charge on any atom is -0.320 e. The molecule has 0 saturated heterocycles. The summed E-state index contributed by atoms with van der Waals surface area (Å²) in [5, 5.41) is 3.07. The highest BCUT2D eigenvalue weighted by Gasteiger charge is 2.14. The molecule has 0 unspecified atom stereocenters. The van der Waals surface area contributed by atoms with Crippen LogP contribution in [0.1, 0.15) is 31.7 Å². The Morgan fingerprint density at radius 1 is 0.962 bits per heavy atom. The van der Waals surface area contributed by atoms with E-state index in [1.807, 2.05) is 59.4 Å². The molecule has 0 aliphatic rings. The van der Waals surface area contributed by atoms with Crippen molar-refractivity contribution in [1.82, 2.24) is 0 Å². The van der Waals surface area contributed by atoms with Gasteiger partial charge in [-0.2, -0.15) is 4.57 Å². The van der Waals surface area contributed by atoms with E-state index in [0.717, 1.165) is 23.2 Å². The smallest absolute Gasteiger partial charge is 0.290 e. The van der Waals surface area contributed by atoms with Gasteiger partial charge in [0.05, 0.1) is 0 Å². The van der Waals surface area contributed by atoms with Gasteiger partial charge in [0.15, 0.2) is 12.4 Å². The maximum absolute atomic E-state index is 12.6. The molecule has 1 N–H and O–H groups in total. The average molecular weight is 345 g/mol. The predicted octanol–water partition coefficient (Wildman–Crippen LogP) is 4.79. The lowest BCUT2D eigenvalue weighted by atomic mass is 9.97. The van der Waals surface area contributed by atoms with Crippen LogP contribution in [0, 0.1) is 0 Å². The average Bonchev–Trinajstić information content (AvgIpc) is 2.68. The summed E-state index contributed by atoms with van der Waals surface area (Å²) in [7, 11) is 0. The zero-order valence-electron chi connectivity index (χ0n) is 15.4.